The predicted molar refractivity (Wildman–Crippen MR) is 89.6 cm³/mol. The number of aromatic nitrogens is 2. The van der Waals surface area contributed by atoms with Gasteiger partial charge in [-0.2, -0.15) is 0 Å². The number of ether oxygens (including phenoxy) is 1. The Labute approximate surface area is 134 Å². The molecule has 112 valence electrons. The number of anilines is 1. The predicted octanol–water partition coefficient (Wildman–Crippen LogP) is 4.46. The van der Waals surface area contributed by atoms with E-state index in [2.05, 4.69) is 22.2 Å². The molecule has 0 amide bonds. The van der Waals surface area contributed by atoms with Crippen LogP contribution in [0.1, 0.15) is 18.5 Å². The van der Waals surface area contributed by atoms with Crippen molar-refractivity contribution in [2.75, 3.05) is 12.4 Å². The van der Waals surface area contributed by atoms with Gasteiger partial charge in [-0.15, -0.1) is 0 Å². The molecule has 5 heteroatoms. The molecule has 1 aromatic heterocycles. The Morgan fingerprint density at radius 3 is 2.59 bits per heavy atom. The van der Waals surface area contributed by atoms with E-state index in [1.54, 1.807) is 13.4 Å². The maximum atomic E-state index is 5.93. The summed E-state index contributed by atoms with van der Waals surface area (Å²) >= 11 is 5.93. The quantitative estimate of drug-likeness (QED) is 0.772. The molecule has 0 aliphatic rings. The molecule has 1 heterocycles. The summed E-state index contributed by atoms with van der Waals surface area (Å²) < 4.78 is 5.23. The lowest BCUT2D eigenvalue weighted by Crippen LogP contribution is -2.08. The van der Waals surface area contributed by atoms with E-state index in [4.69, 9.17) is 16.3 Å². The van der Waals surface area contributed by atoms with Crippen molar-refractivity contribution in [3.63, 3.8) is 0 Å². The minimum Gasteiger partial charge on any atom is -0.497 e. The first kappa shape index (κ1) is 14.6. The smallest absolute Gasteiger partial charge is 0.137 e. The van der Waals surface area contributed by atoms with Crippen LogP contribution in [0, 0.1) is 0 Å². The standard InChI is InChI=1S/C17H16ClN3O/c1-11(12-3-5-13(18)6-4-12)21-17-15-8-7-14(22-2)9-16(15)19-10-20-17/h3-11H,1-2H3,(H,19,20,21). The zero-order valence-electron chi connectivity index (χ0n) is 12.4. The largest absolute Gasteiger partial charge is 0.497 e. The van der Waals surface area contributed by atoms with Crippen LogP contribution in [0.15, 0.2) is 48.8 Å². The fourth-order valence-electron chi connectivity index (χ4n) is 2.32. The lowest BCUT2D eigenvalue weighted by molar-refractivity contribution is 0.415. The van der Waals surface area contributed by atoms with E-state index < -0.39 is 0 Å². The van der Waals surface area contributed by atoms with Crippen molar-refractivity contribution in [3.05, 3.63) is 59.4 Å². The Morgan fingerprint density at radius 1 is 1.09 bits per heavy atom. The van der Waals surface area contributed by atoms with Gasteiger partial charge in [0.2, 0.25) is 0 Å². The van der Waals surface area contributed by atoms with Crippen LogP contribution < -0.4 is 10.1 Å². The molecule has 1 unspecified atom stereocenters. The number of rotatable bonds is 4. The first-order valence-corrected chi connectivity index (χ1v) is 7.36. The minimum atomic E-state index is 0.109. The molecule has 0 fully saturated rings. The van der Waals surface area contributed by atoms with E-state index in [0.29, 0.717) is 0 Å². The number of hydrogen-bond acceptors (Lipinski definition) is 4. The minimum absolute atomic E-state index is 0.109. The molecule has 0 radical (unpaired) electrons. The summed E-state index contributed by atoms with van der Waals surface area (Å²) in [5.41, 5.74) is 1.99. The summed E-state index contributed by atoms with van der Waals surface area (Å²) in [6, 6.07) is 13.7. The van der Waals surface area contributed by atoms with Crippen LogP contribution in [0.4, 0.5) is 5.82 Å². The topological polar surface area (TPSA) is 47.0 Å². The third kappa shape index (κ3) is 2.97. The third-order valence-electron chi connectivity index (χ3n) is 3.57. The molecule has 0 bridgehead atoms. The zero-order valence-corrected chi connectivity index (χ0v) is 13.1. The first-order valence-electron chi connectivity index (χ1n) is 6.98. The van der Waals surface area contributed by atoms with E-state index in [1.165, 1.54) is 0 Å². The van der Waals surface area contributed by atoms with Gasteiger partial charge in [0.1, 0.15) is 17.9 Å². The van der Waals surface area contributed by atoms with Crippen LogP contribution in [0.25, 0.3) is 10.9 Å². The second-order valence-electron chi connectivity index (χ2n) is 5.02. The average Bonchev–Trinajstić information content (AvgIpc) is 2.55. The van der Waals surface area contributed by atoms with Crippen LogP contribution in [0.2, 0.25) is 5.02 Å². The van der Waals surface area contributed by atoms with Gasteiger partial charge in [0, 0.05) is 22.5 Å². The number of methoxy groups -OCH3 is 1. The highest BCUT2D eigenvalue weighted by Gasteiger charge is 2.10. The van der Waals surface area contributed by atoms with Gasteiger partial charge in [-0.1, -0.05) is 23.7 Å². The molecule has 22 heavy (non-hydrogen) atoms. The summed E-state index contributed by atoms with van der Waals surface area (Å²) in [6.07, 6.45) is 1.55. The molecule has 0 saturated heterocycles. The molecule has 3 rings (SSSR count). The van der Waals surface area contributed by atoms with Crippen LogP contribution in [-0.4, -0.2) is 17.1 Å². The maximum Gasteiger partial charge on any atom is 0.137 e. The first-order chi connectivity index (χ1) is 10.7. The van der Waals surface area contributed by atoms with Crippen LogP contribution >= 0.6 is 11.6 Å². The molecule has 0 aliphatic carbocycles. The fraction of sp³-hybridized carbons (Fsp3) is 0.176. The fourth-order valence-corrected chi connectivity index (χ4v) is 2.44. The number of fused-ring (bicyclic) bond motifs is 1. The molecule has 4 nitrogen and oxygen atoms in total. The van der Waals surface area contributed by atoms with Crippen molar-refractivity contribution in [3.8, 4) is 5.75 Å². The molecule has 0 aliphatic heterocycles. The van der Waals surface area contributed by atoms with Gasteiger partial charge in [0.25, 0.3) is 0 Å². The van der Waals surface area contributed by atoms with Gasteiger partial charge in [-0.3, -0.25) is 0 Å². The van der Waals surface area contributed by atoms with Crippen LogP contribution in [0.5, 0.6) is 5.75 Å². The normalized spacial score (nSPS) is 12.1. The van der Waals surface area contributed by atoms with Gasteiger partial charge in [-0.25, -0.2) is 9.97 Å². The lowest BCUT2D eigenvalue weighted by Gasteiger charge is -2.16. The molecule has 1 N–H and O–H groups in total. The van der Waals surface area contributed by atoms with E-state index >= 15 is 0 Å². The van der Waals surface area contributed by atoms with Gasteiger partial charge >= 0.3 is 0 Å². The SMILES string of the molecule is COc1ccc2c(NC(C)c3ccc(Cl)cc3)ncnc2c1. The van der Waals surface area contributed by atoms with Gasteiger partial charge in [0.05, 0.1) is 12.6 Å². The Hall–Kier alpha value is -2.33. The van der Waals surface area contributed by atoms with Gasteiger partial charge in [-0.05, 0) is 36.8 Å². The number of halogens is 1. The van der Waals surface area contributed by atoms with Gasteiger partial charge < -0.3 is 10.1 Å². The monoisotopic (exact) mass is 313 g/mol. The molecule has 3 aromatic rings. The molecular formula is C17H16ClN3O. The molecule has 2 aromatic carbocycles. The van der Waals surface area contributed by atoms with E-state index in [0.717, 1.165) is 33.1 Å². The number of nitrogens with zero attached hydrogens (tertiary/aromatic N) is 2. The summed E-state index contributed by atoms with van der Waals surface area (Å²) in [5, 5.41) is 5.12. The van der Waals surface area contributed by atoms with E-state index in [-0.39, 0.29) is 6.04 Å². The Bertz CT molecular complexity index is 790. The molecule has 1 atom stereocenters. The van der Waals surface area contributed by atoms with Crippen molar-refractivity contribution in [2.24, 2.45) is 0 Å². The highest BCUT2D eigenvalue weighted by Crippen LogP contribution is 2.27. The van der Waals surface area contributed by atoms with E-state index in [9.17, 15) is 0 Å². The maximum absolute atomic E-state index is 5.93. The number of benzene rings is 2. The molecular weight excluding hydrogens is 298 g/mol. The second kappa shape index (κ2) is 6.20. The highest BCUT2D eigenvalue weighted by molar-refractivity contribution is 6.30. The van der Waals surface area contributed by atoms with E-state index in [1.807, 2.05) is 42.5 Å². The Kier molecular flexibility index (Phi) is 4.11. The van der Waals surface area contributed by atoms with Crippen molar-refractivity contribution < 1.29 is 4.74 Å². The highest BCUT2D eigenvalue weighted by atomic mass is 35.5. The summed E-state index contributed by atoms with van der Waals surface area (Å²) in [4.78, 5) is 8.65. The Balaban J connectivity index is 1.91. The van der Waals surface area contributed by atoms with Crippen molar-refractivity contribution in [1.82, 2.24) is 9.97 Å². The Morgan fingerprint density at radius 2 is 1.86 bits per heavy atom. The summed E-state index contributed by atoms with van der Waals surface area (Å²) in [5.74, 6) is 1.58. The third-order valence-corrected chi connectivity index (χ3v) is 3.82. The zero-order chi connectivity index (χ0) is 15.5. The number of nitrogens with one attached hydrogen (secondary N) is 1. The molecule has 0 spiro atoms. The number of hydrogen-bond donors (Lipinski definition) is 1. The van der Waals surface area contributed by atoms with Crippen LogP contribution in [-0.2, 0) is 0 Å². The average molecular weight is 314 g/mol. The van der Waals surface area contributed by atoms with Crippen molar-refractivity contribution in [2.45, 2.75) is 13.0 Å². The lowest BCUT2D eigenvalue weighted by atomic mass is 10.1. The molecule has 0 saturated carbocycles. The van der Waals surface area contributed by atoms with Crippen molar-refractivity contribution >= 4 is 28.3 Å². The second-order valence-corrected chi connectivity index (χ2v) is 5.46. The summed E-state index contributed by atoms with van der Waals surface area (Å²) in [6.45, 7) is 2.08. The van der Waals surface area contributed by atoms with Crippen LogP contribution in [0.3, 0.4) is 0 Å². The summed E-state index contributed by atoms with van der Waals surface area (Å²) in [7, 11) is 1.64. The van der Waals surface area contributed by atoms with Crippen molar-refractivity contribution in [1.29, 1.82) is 0 Å². The van der Waals surface area contributed by atoms with Gasteiger partial charge in [0.15, 0.2) is 0 Å².